The number of ether oxygens (including phenoxy) is 1. The normalized spacial score (nSPS) is 21.7. The van der Waals surface area contributed by atoms with E-state index in [4.69, 9.17) is 4.74 Å². The Kier molecular flexibility index (Phi) is 6.04. The Morgan fingerprint density at radius 2 is 1.81 bits per heavy atom. The van der Waals surface area contributed by atoms with Crippen LogP contribution in [0.2, 0.25) is 0 Å². The maximum Gasteiger partial charge on any atom is 0.158 e. The fourth-order valence-electron chi connectivity index (χ4n) is 6.37. The van der Waals surface area contributed by atoms with Crippen LogP contribution in [-0.4, -0.2) is 61.8 Å². The van der Waals surface area contributed by atoms with Gasteiger partial charge in [-0.05, 0) is 62.1 Å². The van der Waals surface area contributed by atoms with Crippen LogP contribution in [0.5, 0.6) is 0 Å². The lowest BCUT2D eigenvalue weighted by molar-refractivity contribution is 0.00714. The molecule has 6 rings (SSSR count). The van der Waals surface area contributed by atoms with Crippen LogP contribution in [-0.2, 0) is 4.74 Å². The van der Waals surface area contributed by atoms with Gasteiger partial charge in [0.05, 0.1) is 36.3 Å². The van der Waals surface area contributed by atoms with Crippen LogP contribution >= 0.6 is 0 Å². The number of halogens is 1. The Balaban J connectivity index is 1.38. The van der Waals surface area contributed by atoms with Crippen molar-refractivity contribution in [3.05, 3.63) is 46.9 Å². The molecule has 1 saturated carbocycles. The quantitative estimate of drug-likeness (QED) is 0.408. The summed E-state index contributed by atoms with van der Waals surface area (Å²) in [6.07, 6.45) is 9.56. The molecule has 0 aromatic carbocycles. The van der Waals surface area contributed by atoms with E-state index in [0.29, 0.717) is 17.1 Å². The van der Waals surface area contributed by atoms with Crippen LogP contribution < -0.4 is 0 Å². The lowest BCUT2D eigenvalue weighted by atomic mass is 9.82. The summed E-state index contributed by atoms with van der Waals surface area (Å²) in [6, 6.07) is 0.583. The van der Waals surface area contributed by atoms with Gasteiger partial charge in [-0.25, -0.2) is 13.9 Å². The summed E-state index contributed by atoms with van der Waals surface area (Å²) in [4.78, 5) is 15.2. The molecule has 4 aromatic rings. The Morgan fingerprint density at radius 1 is 1.06 bits per heavy atom. The number of aromatic amines is 1. The van der Waals surface area contributed by atoms with E-state index in [0.717, 1.165) is 91.1 Å². The number of hydrogen-bond acceptors (Lipinski definition) is 5. The molecule has 0 unspecified atom stereocenters. The second-order valence-corrected chi connectivity index (χ2v) is 10.8. The molecule has 0 spiro atoms. The molecule has 2 aliphatic rings. The number of rotatable bonds is 4. The van der Waals surface area contributed by atoms with Gasteiger partial charge in [0, 0.05) is 42.2 Å². The smallest absolute Gasteiger partial charge is 0.158 e. The third-order valence-electron chi connectivity index (χ3n) is 8.46. The third kappa shape index (κ3) is 3.82. The van der Waals surface area contributed by atoms with E-state index in [9.17, 15) is 0 Å². The molecule has 5 heterocycles. The largest absolute Gasteiger partial charge is 0.379 e. The number of aromatic nitrogens is 5. The Bertz CT molecular complexity index is 1410. The average molecular weight is 491 g/mol. The van der Waals surface area contributed by atoms with Crippen LogP contribution in [0.4, 0.5) is 4.39 Å². The van der Waals surface area contributed by atoms with Gasteiger partial charge in [0.25, 0.3) is 0 Å². The SMILES string of the molecule is Cc1c(-c2[nH]c3cnc(C4CCC(N5CCOCC5)CC4)c(F)c3c2C(C)C)cn2ncnc2c1C. The van der Waals surface area contributed by atoms with Gasteiger partial charge in [-0.3, -0.25) is 9.88 Å². The molecule has 0 bridgehead atoms. The molecule has 1 N–H and O–H groups in total. The van der Waals surface area contributed by atoms with Crippen molar-refractivity contribution in [3.8, 4) is 11.3 Å². The van der Waals surface area contributed by atoms with Crippen molar-refractivity contribution in [1.29, 1.82) is 0 Å². The van der Waals surface area contributed by atoms with E-state index < -0.39 is 0 Å². The van der Waals surface area contributed by atoms with Crippen molar-refractivity contribution >= 4 is 16.6 Å². The number of fused-ring (bicyclic) bond motifs is 2. The molecule has 0 radical (unpaired) electrons. The van der Waals surface area contributed by atoms with E-state index in [1.165, 1.54) is 0 Å². The standard InChI is InChI=1S/C28H35FN6O/c1-16(2)23-24-22(33-27(23)21-14-35-28(31-15-32-35)18(4)17(21)3)13-30-26(25(24)29)19-5-7-20(8-6-19)34-9-11-36-12-10-34/h13-16,19-20,33H,5-12H2,1-4H3. The predicted octanol–water partition coefficient (Wildman–Crippen LogP) is 5.51. The Labute approximate surface area is 211 Å². The molecular weight excluding hydrogens is 455 g/mol. The van der Waals surface area contributed by atoms with Gasteiger partial charge in [-0.1, -0.05) is 13.8 Å². The molecule has 4 aromatic heterocycles. The maximum atomic E-state index is 16.3. The summed E-state index contributed by atoms with van der Waals surface area (Å²) in [7, 11) is 0. The molecule has 1 aliphatic carbocycles. The minimum atomic E-state index is -0.148. The Hall–Kier alpha value is -2.84. The van der Waals surface area contributed by atoms with Gasteiger partial charge in [0.2, 0.25) is 0 Å². The molecule has 0 amide bonds. The number of aryl methyl sites for hydroxylation is 1. The number of nitrogens with one attached hydrogen (secondary N) is 1. The van der Waals surface area contributed by atoms with Gasteiger partial charge in [0.15, 0.2) is 11.5 Å². The van der Waals surface area contributed by atoms with E-state index in [2.05, 4.69) is 52.6 Å². The first kappa shape index (κ1) is 23.6. The molecule has 1 aliphatic heterocycles. The monoisotopic (exact) mass is 490 g/mol. The van der Waals surface area contributed by atoms with Crippen molar-refractivity contribution < 1.29 is 9.13 Å². The van der Waals surface area contributed by atoms with Crippen molar-refractivity contribution in [2.75, 3.05) is 26.3 Å². The molecule has 2 fully saturated rings. The molecule has 7 nitrogen and oxygen atoms in total. The molecule has 190 valence electrons. The third-order valence-corrected chi connectivity index (χ3v) is 8.46. The zero-order chi connectivity index (χ0) is 25.0. The number of pyridine rings is 2. The molecule has 0 atom stereocenters. The molecular formula is C28H35FN6O. The van der Waals surface area contributed by atoms with Gasteiger partial charge in [-0.2, -0.15) is 5.10 Å². The number of morpholine rings is 1. The zero-order valence-corrected chi connectivity index (χ0v) is 21.6. The Morgan fingerprint density at radius 3 is 2.53 bits per heavy atom. The lowest BCUT2D eigenvalue weighted by Gasteiger charge is -2.38. The highest BCUT2D eigenvalue weighted by molar-refractivity contribution is 5.92. The second kappa shape index (κ2) is 9.23. The second-order valence-electron chi connectivity index (χ2n) is 10.8. The fourth-order valence-corrected chi connectivity index (χ4v) is 6.37. The van der Waals surface area contributed by atoms with Crippen molar-refractivity contribution in [1.82, 2.24) is 29.5 Å². The highest BCUT2D eigenvalue weighted by Gasteiger charge is 2.31. The zero-order valence-electron chi connectivity index (χ0n) is 21.6. The maximum absolute atomic E-state index is 16.3. The van der Waals surface area contributed by atoms with Crippen LogP contribution in [0.25, 0.3) is 27.8 Å². The van der Waals surface area contributed by atoms with Crippen LogP contribution in [0.15, 0.2) is 18.7 Å². The fraction of sp³-hybridized carbons (Fsp3) is 0.536. The minimum Gasteiger partial charge on any atom is -0.379 e. The molecule has 36 heavy (non-hydrogen) atoms. The summed E-state index contributed by atoms with van der Waals surface area (Å²) in [5.74, 6) is 0.159. The minimum absolute atomic E-state index is 0.140. The number of H-pyrrole nitrogens is 1. The van der Waals surface area contributed by atoms with E-state index in [1.807, 2.05) is 12.4 Å². The van der Waals surface area contributed by atoms with Crippen molar-refractivity contribution in [3.63, 3.8) is 0 Å². The number of hydrogen-bond donors (Lipinski definition) is 1. The average Bonchev–Trinajstić information content (AvgIpc) is 3.52. The highest BCUT2D eigenvalue weighted by Crippen LogP contribution is 2.42. The lowest BCUT2D eigenvalue weighted by Crippen LogP contribution is -2.44. The van der Waals surface area contributed by atoms with E-state index in [-0.39, 0.29) is 17.7 Å². The summed E-state index contributed by atoms with van der Waals surface area (Å²) < 4.78 is 23.6. The first-order valence-corrected chi connectivity index (χ1v) is 13.3. The van der Waals surface area contributed by atoms with Gasteiger partial charge in [-0.15, -0.1) is 0 Å². The topological polar surface area (TPSA) is 71.3 Å². The highest BCUT2D eigenvalue weighted by atomic mass is 19.1. The molecule has 1 saturated heterocycles. The van der Waals surface area contributed by atoms with Crippen molar-refractivity contribution in [2.24, 2.45) is 0 Å². The van der Waals surface area contributed by atoms with E-state index in [1.54, 1.807) is 10.8 Å². The predicted molar refractivity (Wildman–Crippen MR) is 139 cm³/mol. The summed E-state index contributed by atoms with van der Waals surface area (Å²) in [5.41, 5.74) is 7.43. The van der Waals surface area contributed by atoms with Crippen molar-refractivity contribution in [2.45, 2.75) is 71.3 Å². The van der Waals surface area contributed by atoms with Gasteiger partial charge >= 0.3 is 0 Å². The van der Waals surface area contributed by atoms with E-state index >= 15 is 4.39 Å². The summed E-state index contributed by atoms with van der Waals surface area (Å²) >= 11 is 0. The first-order chi connectivity index (χ1) is 17.4. The van der Waals surface area contributed by atoms with Crippen LogP contribution in [0, 0.1) is 19.7 Å². The number of nitrogens with zero attached hydrogens (tertiary/aromatic N) is 5. The van der Waals surface area contributed by atoms with Crippen LogP contribution in [0.3, 0.4) is 0 Å². The summed E-state index contributed by atoms with van der Waals surface area (Å²) in [5, 5.41) is 5.05. The van der Waals surface area contributed by atoms with Crippen LogP contribution in [0.1, 0.15) is 73.8 Å². The molecule has 8 heteroatoms. The summed E-state index contributed by atoms with van der Waals surface area (Å²) in [6.45, 7) is 12.1. The van der Waals surface area contributed by atoms with Gasteiger partial charge in [0.1, 0.15) is 6.33 Å². The first-order valence-electron chi connectivity index (χ1n) is 13.3. The van der Waals surface area contributed by atoms with Gasteiger partial charge < -0.3 is 9.72 Å².